The van der Waals surface area contributed by atoms with Crippen LogP contribution in [0.15, 0.2) is 65.9 Å². The van der Waals surface area contributed by atoms with Crippen LogP contribution in [0.4, 0.5) is 0 Å². The van der Waals surface area contributed by atoms with Gasteiger partial charge in [0.15, 0.2) is 0 Å². The fourth-order valence-corrected chi connectivity index (χ4v) is 5.61. The highest BCUT2D eigenvalue weighted by atomic mass is 32.2. The first-order valence-corrected chi connectivity index (χ1v) is 11.4. The molecule has 3 heterocycles. The predicted molar refractivity (Wildman–Crippen MR) is 120 cm³/mol. The van der Waals surface area contributed by atoms with Crippen LogP contribution in [0.2, 0.25) is 0 Å². The molecule has 2 aromatic carbocycles. The topological polar surface area (TPSA) is 110 Å². The number of imide groups is 1. The summed E-state index contributed by atoms with van der Waals surface area (Å²) < 4.78 is 10.2. The van der Waals surface area contributed by atoms with E-state index in [1.165, 1.54) is 23.8 Å². The Balaban J connectivity index is 1.39. The van der Waals surface area contributed by atoms with E-state index in [-0.39, 0.29) is 29.2 Å². The molecule has 1 saturated heterocycles. The molecule has 10 heteroatoms. The summed E-state index contributed by atoms with van der Waals surface area (Å²) in [7, 11) is 1.19. The zero-order valence-corrected chi connectivity index (χ0v) is 18.7. The van der Waals surface area contributed by atoms with Gasteiger partial charge in [0.2, 0.25) is 0 Å². The third-order valence-electron chi connectivity index (χ3n) is 5.89. The number of methoxy groups -OCH3 is 1. The molecule has 1 fully saturated rings. The number of rotatable bonds is 5. The number of benzene rings is 2. The van der Waals surface area contributed by atoms with Crippen LogP contribution in [-0.2, 0) is 19.1 Å². The van der Waals surface area contributed by atoms with Crippen molar-refractivity contribution in [3.8, 4) is 0 Å². The molecular formula is C24H18N2O7S. The Morgan fingerprint density at radius 2 is 1.53 bits per heavy atom. The fraction of sp³-hybridized carbons (Fsp3) is 0.208. The Kier molecular flexibility index (Phi) is 5.45. The van der Waals surface area contributed by atoms with Crippen LogP contribution in [0, 0.1) is 0 Å². The smallest absolute Gasteiger partial charge is 0.354 e. The Hall–Kier alpha value is -3.92. The molecule has 34 heavy (non-hydrogen) atoms. The summed E-state index contributed by atoms with van der Waals surface area (Å²) in [5.74, 6) is -2.72. The first-order chi connectivity index (χ1) is 16.4. The minimum absolute atomic E-state index is 0.0232. The van der Waals surface area contributed by atoms with Crippen LogP contribution < -0.4 is 0 Å². The van der Waals surface area contributed by atoms with Crippen LogP contribution >= 0.6 is 11.8 Å². The van der Waals surface area contributed by atoms with Crippen molar-refractivity contribution in [2.24, 2.45) is 0 Å². The van der Waals surface area contributed by atoms with Gasteiger partial charge in [0.1, 0.15) is 23.7 Å². The largest absolute Gasteiger partial charge is 0.464 e. The molecule has 0 bridgehead atoms. The number of hydrogen-bond acceptors (Lipinski definition) is 8. The van der Waals surface area contributed by atoms with Gasteiger partial charge in [0.25, 0.3) is 17.7 Å². The second-order valence-electron chi connectivity index (χ2n) is 7.77. The lowest BCUT2D eigenvalue weighted by Crippen LogP contribution is -2.71. The van der Waals surface area contributed by atoms with Gasteiger partial charge in [-0.2, -0.15) is 0 Å². The molecule has 0 radical (unpaired) electrons. The number of fused-ring (bicyclic) bond motifs is 2. The van der Waals surface area contributed by atoms with Crippen molar-refractivity contribution in [2.45, 2.75) is 11.4 Å². The molecule has 0 unspecified atom stereocenters. The highest BCUT2D eigenvalue weighted by molar-refractivity contribution is 8.00. The van der Waals surface area contributed by atoms with Gasteiger partial charge in [-0.25, -0.2) is 9.59 Å². The van der Waals surface area contributed by atoms with Crippen LogP contribution in [0.25, 0.3) is 0 Å². The van der Waals surface area contributed by atoms with Crippen molar-refractivity contribution in [1.82, 2.24) is 9.80 Å². The lowest BCUT2D eigenvalue weighted by atomic mass is 10.0. The lowest BCUT2D eigenvalue weighted by molar-refractivity contribution is -0.153. The van der Waals surface area contributed by atoms with Crippen molar-refractivity contribution < 1.29 is 33.4 Å². The van der Waals surface area contributed by atoms with E-state index < -0.39 is 41.1 Å². The standard InChI is InChI=1S/C24H18N2O7S/c1-32-24(31)17-14(11-33-23(30)13-7-3-2-4-8-13)12-34-22-18(21(29)26(17)22)25-19(27)15-9-5-6-10-16(15)20(25)28/h2-10,18,22H,11-12H2,1H3/t18-,22-/m1/s1. The summed E-state index contributed by atoms with van der Waals surface area (Å²) in [5.41, 5.74) is 1.24. The number of carbonyl (C=O) groups is 5. The zero-order valence-electron chi connectivity index (χ0n) is 17.9. The molecule has 9 nitrogen and oxygen atoms in total. The molecule has 0 spiro atoms. The Morgan fingerprint density at radius 3 is 2.15 bits per heavy atom. The van der Waals surface area contributed by atoms with Gasteiger partial charge in [-0.3, -0.25) is 24.2 Å². The number of carbonyl (C=O) groups excluding carboxylic acids is 5. The average Bonchev–Trinajstić information content (AvgIpc) is 3.12. The fourth-order valence-electron chi connectivity index (χ4n) is 4.23. The molecule has 0 saturated carbocycles. The first kappa shape index (κ1) is 21.9. The maximum Gasteiger partial charge on any atom is 0.354 e. The Morgan fingerprint density at radius 1 is 0.912 bits per heavy atom. The van der Waals surface area contributed by atoms with Gasteiger partial charge >= 0.3 is 11.9 Å². The summed E-state index contributed by atoms with van der Waals surface area (Å²) in [4.78, 5) is 66.0. The molecule has 0 aliphatic carbocycles. The number of β-lactam (4-membered cyclic amide) rings is 1. The molecule has 3 aliphatic rings. The van der Waals surface area contributed by atoms with Gasteiger partial charge in [-0.1, -0.05) is 30.3 Å². The van der Waals surface area contributed by atoms with Gasteiger partial charge in [-0.05, 0) is 24.3 Å². The molecule has 3 amide bonds. The van der Waals surface area contributed by atoms with Gasteiger partial charge in [-0.15, -0.1) is 11.8 Å². The average molecular weight is 478 g/mol. The van der Waals surface area contributed by atoms with Crippen LogP contribution in [0.3, 0.4) is 0 Å². The van der Waals surface area contributed by atoms with E-state index >= 15 is 0 Å². The van der Waals surface area contributed by atoms with E-state index in [4.69, 9.17) is 9.47 Å². The second-order valence-corrected chi connectivity index (χ2v) is 8.87. The van der Waals surface area contributed by atoms with E-state index in [0.29, 0.717) is 11.1 Å². The summed E-state index contributed by atoms with van der Waals surface area (Å²) in [6, 6.07) is 13.7. The van der Waals surface area contributed by atoms with E-state index in [1.54, 1.807) is 54.6 Å². The van der Waals surface area contributed by atoms with Crippen molar-refractivity contribution >= 4 is 41.4 Å². The molecule has 2 atom stereocenters. The first-order valence-electron chi connectivity index (χ1n) is 10.4. The minimum Gasteiger partial charge on any atom is -0.464 e. The lowest BCUT2D eigenvalue weighted by Gasteiger charge is -2.51. The molecule has 3 aliphatic heterocycles. The summed E-state index contributed by atoms with van der Waals surface area (Å²) in [6.45, 7) is -0.209. The molecule has 2 aromatic rings. The normalized spacial score (nSPS) is 21.1. The third kappa shape index (κ3) is 3.29. The van der Waals surface area contributed by atoms with Crippen molar-refractivity contribution in [1.29, 1.82) is 0 Å². The molecule has 5 rings (SSSR count). The molecule has 172 valence electrons. The van der Waals surface area contributed by atoms with E-state index in [2.05, 4.69) is 0 Å². The van der Waals surface area contributed by atoms with Gasteiger partial charge in [0.05, 0.1) is 23.8 Å². The Bertz CT molecular complexity index is 1240. The van der Waals surface area contributed by atoms with E-state index in [9.17, 15) is 24.0 Å². The maximum absolute atomic E-state index is 13.2. The highest BCUT2D eigenvalue weighted by Gasteiger charge is 2.60. The monoisotopic (exact) mass is 478 g/mol. The highest BCUT2D eigenvalue weighted by Crippen LogP contribution is 2.44. The van der Waals surface area contributed by atoms with Crippen LogP contribution in [0.5, 0.6) is 0 Å². The van der Waals surface area contributed by atoms with Crippen molar-refractivity contribution in [3.05, 3.63) is 82.6 Å². The molecular weight excluding hydrogens is 460 g/mol. The second kappa shape index (κ2) is 8.45. The zero-order chi connectivity index (χ0) is 24.0. The van der Waals surface area contributed by atoms with E-state index in [1.807, 2.05) is 0 Å². The predicted octanol–water partition coefficient (Wildman–Crippen LogP) is 1.85. The summed E-state index contributed by atoms with van der Waals surface area (Å²) in [5, 5.41) is -0.641. The number of ether oxygens (including phenoxy) is 2. The molecule has 0 aromatic heterocycles. The SMILES string of the molecule is COC(=O)C1=C(COC(=O)c2ccccc2)CS[C@@H]2[C@H](N3C(=O)c4ccccc4C3=O)C(=O)N12. The maximum atomic E-state index is 13.2. The summed E-state index contributed by atoms with van der Waals surface area (Å²) >= 11 is 1.28. The van der Waals surface area contributed by atoms with E-state index in [0.717, 1.165) is 4.90 Å². The van der Waals surface area contributed by atoms with Crippen molar-refractivity contribution in [2.75, 3.05) is 19.5 Å². The number of amides is 3. The quantitative estimate of drug-likeness (QED) is 0.364. The number of thioether (sulfide) groups is 1. The Labute approximate surface area is 198 Å². The number of nitrogens with zero attached hydrogens (tertiary/aromatic N) is 2. The van der Waals surface area contributed by atoms with Crippen LogP contribution in [-0.4, -0.2) is 70.3 Å². The summed E-state index contributed by atoms with van der Waals surface area (Å²) in [6.07, 6.45) is 0. The van der Waals surface area contributed by atoms with Crippen LogP contribution in [0.1, 0.15) is 31.1 Å². The number of esters is 2. The third-order valence-corrected chi connectivity index (χ3v) is 7.21. The minimum atomic E-state index is -1.04. The van der Waals surface area contributed by atoms with Crippen molar-refractivity contribution in [3.63, 3.8) is 0 Å². The van der Waals surface area contributed by atoms with Gasteiger partial charge < -0.3 is 9.47 Å². The molecule has 0 N–H and O–H groups in total. The van der Waals surface area contributed by atoms with Gasteiger partial charge in [0, 0.05) is 11.3 Å². The number of hydrogen-bond donors (Lipinski definition) is 0.